The van der Waals surface area contributed by atoms with E-state index >= 15 is 0 Å². The van der Waals surface area contributed by atoms with Gasteiger partial charge in [0.2, 0.25) is 5.88 Å². The lowest BCUT2D eigenvalue weighted by Crippen LogP contribution is -2.35. The summed E-state index contributed by atoms with van der Waals surface area (Å²) in [6.45, 7) is 2.00. The van der Waals surface area contributed by atoms with Crippen molar-refractivity contribution in [2.45, 2.75) is 19.4 Å². The molecule has 6 heteroatoms. The number of aromatic amines is 1. The first-order valence-electron chi connectivity index (χ1n) is 6.42. The number of aromatic nitrogens is 2. The Labute approximate surface area is 114 Å². The number of ether oxygens (including phenoxy) is 1. The van der Waals surface area contributed by atoms with Crippen molar-refractivity contribution in [2.75, 3.05) is 6.61 Å². The molecule has 2 heterocycles. The van der Waals surface area contributed by atoms with E-state index in [0.717, 1.165) is 5.56 Å². The van der Waals surface area contributed by atoms with E-state index in [0.29, 0.717) is 12.2 Å². The van der Waals surface area contributed by atoms with Crippen LogP contribution in [0.25, 0.3) is 0 Å². The Morgan fingerprint density at radius 2 is 2.15 bits per heavy atom. The van der Waals surface area contributed by atoms with E-state index in [-0.39, 0.29) is 18.1 Å². The minimum absolute atomic E-state index is 0.203. The Morgan fingerprint density at radius 3 is 2.90 bits per heavy atom. The molecule has 0 amide bonds. The molecule has 1 aromatic heterocycles. The van der Waals surface area contributed by atoms with Gasteiger partial charge < -0.3 is 9.84 Å². The Morgan fingerprint density at radius 1 is 1.40 bits per heavy atom. The van der Waals surface area contributed by atoms with Crippen LogP contribution >= 0.6 is 0 Å². The molecule has 1 aromatic carbocycles. The third kappa shape index (κ3) is 1.72. The van der Waals surface area contributed by atoms with Crippen LogP contribution in [0.5, 0.6) is 11.6 Å². The van der Waals surface area contributed by atoms with Gasteiger partial charge in [-0.25, -0.2) is 4.79 Å². The predicted molar refractivity (Wildman–Crippen MR) is 72.4 cm³/mol. The molecule has 2 aromatic rings. The summed E-state index contributed by atoms with van der Waals surface area (Å²) in [5.41, 5.74) is -0.151. The van der Waals surface area contributed by atoms with Crippen molar-refractivity contribution in [3.8, 4) is 11.6 Å². The number of nitrogens with zero attached hydrogens (tertiary/aromatic N) is 1. The van der Waals surface area contributed by atoms with E-state index in [1.54, 1.807) is 6.92 Å². The number of aromatic hydroxyl groups is 1. The van der Waals surface area contributed by atoms with E-state index in [2.05, 4.69) is 4.98 Å². The molecule has 0 saturated heterocycles. The van der Waals surface area contributed by atoms with Crippen molar-refractivity contribution in [2.24, 2.45) is 0 Å². The Balaban J connectivity index is 2.22. The van der Waals surface area contributed by atoms with Gasteiger partial charge in [-0.15, -0.1) is 0 Å². The normalized spacial score (nSPS) is 16.8. The number of fused-ring (bicyclic) bond motifs is 1. The fourth-order valence-corrected chi connectivity index (χ4v) is 2.54. The fourth-order valence-electron chi connectivity index (χ4n) is 2.54. The highest BCUT2D eigenvalue weighted by Gasteiger charge is 2.29. The highest BCUT2D eigenvalue weighted by molar-refractivity contribution is 5.41. The van der Waals surface area contributed by atoms with Crippen molar-refractivity contribution in [3.63, 3.8) is 0 Å². The van der Waals surface area contributed by atoms with Gasteiger partial charge in [0.15, 0.2) is 0 Å². The smallest absolute Gasteiger partial charge is 0.331 e. The molecule has 20 heavy (non-hydrogen) atoms. The van der Waals surface area contributed by atoms with E-state index in [1.807, 2.05) is 24.3 Å². The molecular formula is C14H14N2O4. The average molecular weight is 274 g/mol. The fraction of sp³-hybridized carbons (Fsp3) is 0.286. The zero-order chi connectivity index (χ0) is 14.3. The molecule has 0 saturated carbocycles. The molecule has 1 aliphatic heterocycles. The third-order valence-corrected chi connectivity index (χ3v) is 3.55. The number of para-hydroxylation sites is 1. The van der Waals surface area contributed by atoms with Crippen LogP contribution in [0.2, 0.25) is 0 Å². The summed E-state index contributed by atoms with van der Waals surface area (Å²) in [4.78, 5) is 25.9. The first kappa shape index (κ1) is 12.5. The standard InChI is InChI=1S/C14H14N2O4/c1-2-8-12(17)15-14(19)16(13(8)18)10-7-20-11-6-4-3-5-9(10)11/h3-6,10,18H,2,7H2,1H3,(H,15,17,19). The number of benzene rings is 1. The van der Waals surface area contributed by atoms with Gasteiger partial charge in [-0.2, -0.15) is 0 Å². The van der Waals surface area contributed by atoms with Crippen LogP contribution in [-0.2, 0) is 6.42 Å². The Kier molecular flexibility index (Phi) is 2.85. The molecule has 2 N–H and O–H groups in total. The SMILES string of the molecule is CCc1c(O)n(C2COc3ccccc32)c(=O)[nH]c1=O. The highest BCUT2D eigenvalue weighted by Crippen LogP contribution is 2.35. The lowest BCUT2D eigenvalue weighted by atomic mass is 10.1. The van der Waals surface area contributed by atoms with Crippen LogP contribution in [0, 0.1) is 0 Å². The maximum Gasteiger partial charge on any atom is 0.331 e. The van der Waals surface area contributed by atoms with Gasteiger partial charge >= 0.3 is 5.69 Å². The highest BCUT2D eigenvalue weighted by atomic mass is 16.5. The zero-order valence-corrected chi connectivity index (χ0v) is 10.9. The number of hydrogen-bond donors (Lipinski definition) is 2. The monoisotopic (exact) mass is 274 g/mol. The summed E-state index contributed by atoms with van der Waals surface area (Å²) < 4.78 is 6.70. The van der Waals surface area contributed by atoms with Crippen molar-refractivity contribution in [3.05, 3.63) is 56.2 Å². The second-order valence-corrected chi connectivity index (χ2v) is 4.65. The van der Waals surface area contributed by atoms with Gasteiger partial charge in [0.1, 0.15) is 18.4 Å². The largest absolute Gasteiger partial charge is 0.494 e. The predicted octanol–water partition coefficient (Wildman–Crippen LogP) is 0.786. The van der Waals surface area contributed by atoms with Gasteiger partial charge in [0.05, 0.1) is 5.56 Å². The molecule has 0 radical (unpaired) electrons. The minimum Gasteiger partial charge on any atom is -0.494 e. The Bertz CT molecular complexity index is 775. The lowest BCUT2D eigenvalue weighted by molar-refractivity contribution is 0.293. The van der Waals surface area contributed by atoms with E-state index in [9.17, 15) is 14.7 Å². The molecule has 0 bridgehead atoms. The molecule has 0 spiro atoms. The van der Waals surface area contributed by atoms with Gasteiger partial charge in [-0.1, -0.05) is 25.1 Å². The van der Waals surface area contributed by atoms with Crippen LogP contribution < -0.4 is 16.0 Å². The molecule has 1 atom stereocenters. The van der Waals surface area contributed by atoms with Gasteiger partial charge in [-0.05, 0) is 12.5 Å². The number of rotatable bonds is 2. The maximum absolute atomic E-state index is 12.0. The molecule has 3 rings (SSSR count). The van der Waals surface area contributed by atoms with Crippen LogP contribution in [0.15, 0.2) is 33.9 Å². The third-order valence-electron chi connectivity index (χ3n) is 3.55. The van der Waals surface area contributed by atoms with Gasteiger partial charge in [0, 0.05) is 5.56 Å². The second kappa shape index (κ2) is 4.56. The summed E-state index contributed by atoms with van der Waals surface area (Å²) in [6, 6.07) is 6.91. The van der Waals surface area contributed by atoms with Crippen LogP contribution in [0.3, 0.4) is 0 Å². The van der Waals surface area contributed by atoms with Crippen LogP contribution in [-0.4, -0.2) is 21.3 Å². The summed E-state index contributed by atoms with van der Waals surface area (Å²) >= 11 is 0. The van der Waals surface area contributed by atoms with Crippen molar-refractivity contribution >= 4 is 0 Å². The van der Waals surface area contributed by atoms with Gasteiger partial charge in [-0.3, -0.25) is 14.3 Å². The zero-order valence-electron chi connectivity index (χ0n) is 10.9. The summed E-state index contributed by atoms with van der Waals surface area (Å²) in [5.74, 6) is 0.402. The first-order chi connectivity index (χ1) is 9.63. The Hall–Kier alpha value is -2.50. The molecule has 0 aliphatic carbocycles. The minimum atomic E-state index is -0.630. The topological polar surface area (TPSA) is 84.3 Å². The van der Waals surface area contributed by atoms with E-state index < -0.39 is 17.3 Å². The summed E-state index contributed by atoms with van der Waals surface area (Å²) in [5, 5.41) is 10.2. The number of hydrogen-bond acceptors (Lipinski definition) is 4. The molecular weight excluding hydrogens is 260 g/mol. The molecule has 1 aliphatic rings. The molecule has 6 nitrogen and oxygen atoms in total. The maximum atomic E-state index is 12.0. The molecule has 0 fully saturated rings. The lowest BCUT2D eigenvalue weighted by Gasteiger charge is -2.16. The van der Waals surface area contributed by atoms with Crippen molar-refractivity contribution in [1.82, 2.24) is 9.55 Å². The van der Waals surface area contributed by atoms with Crippen molar-refractivity contribution < 1.29 is 9.84 Å². The summed E-state index contributed by atoms with van der Waals surface area (Å²) in [6.07, 6.45) is 0.344. The second-order valence-electron chi connectivity index (χ2n) is 4.65. The van der Waals surface area contributed by atoms with Crippen molar-refractivity contribution in [1.29, 1.82) is 0 Å². The molecule has 104 valence electrons. The number of H-pyrrole nitrogens is 1. The first-order valence-corrected chi connectivity index (χ1v) is 6.42. The average Bonchev–Trinajstić information content (AvgIpc) is 2.83. The molecule has 1 unspecified atom stereocenters. The van der Waals surface area contributed by atoms with Crippen LogP contribution in [0.4, 0.5) is 0 Å². The number of nitrogens with one attached hydrogen (secondary N) is 1. The van der Waals surface area contributed by atoms with E-state index in [4.69, 9.17) is 4.74 Å². The van der Waals surface area contributed by atoms with Gasteiger partial charge in [0.25, 0.3) is 5.56 Å². The quantitative estimate of drug-likeness (QED) is 0.847. The van der Waals surface area contributed by atoms with Crippen LogP contribution in [0.1, 0.15) is 24.1 Å². The summed E-state index contributed by atoms with van der Waals surface area (Å²) in [7, 11) is 0. The van der Waals surface area contributed by atoms with E-state index in [1.165, 1.54) is 4.57 Å².